The average molecular weight is 375 g/mol. The molecule has 0 saturated heterocycles. The normalized spacial score (nSPS) is 14.1. The molecule has 108 valence electrons. The lowest BCUT2D eigenvalue weighted by Crippen LogP contribution is -2.28. The van der Waals surface area contributed by atoms with Crippen LogP contribution in [0.1, 0.15) is 29.0 Å². The van der Waals surface area contributed by atoms with Gasteiger partial charge in [-0.3, -0.25) is 0 Å². The van der Waals surface area contributed by atoms with E-state index in [4.69, 9.17) is 22.1 Å². The zero-order valence-electron chi connectivity index (χ0n) is 11.6. The molecule has 0 fully saturated rings. The van der Waals surface area contributed by atoms with Gasteiger partial charge in [-0.1, -0.05) is 27.5 Å². The van der Waals surface area contributed by atoms with Crippen molar-refractivity contribution in [3.63, 3.8) is 0 Å². The Kier molecular flexibility index (Phi) is 5.13. The van der Waals surface area contributed by atoms with Crippen molar-refractivity contribution in [2.24, 2.45) is 5.73 Å². The average Bonchev–Trinajstić information content (AvgIpc) is 2.79. The van der Waals surface area contributed by atoms with Crippen LogP contribution >= 0.6 is 38.9 Å². The highest BCUT2D eigenvalue weighted by atomic mass is 79.9. The SMILES string of the molecule is Cc1cc(OC(c2ccc(Cl)s2)C(C)N)cc(C)c1Br. The number of benzene rings is 1. The van der Waals surface area contributed by atoms with Gasteiger partial charge in [0.2, 0.25) is 0 Å². The van der Waals surface area contributed by atoms with Crippen molar-refractivity contribution >= 4 is 38.9 Å². The van der Waals surface area contributed by atoms with E-state index < -0.39 is 0 Å². The highest BCUT2D eigenvalue weighted by molar-refractivity contribution is 9.10. The maximum absolute atomic E-state index is 6.10. The zero-order chi connectivity index (χ0) is 14.9. The molecule has 0 saturated carbocycles. The first-order valence-corrected chi connectivity index (χ1v) is 8.31. The molecule has 2 atom stereocenters. The predicted molar refractivity (Wildman–Crippen MR) is 90.0 cm³/mol. The van der Waals surface area contributed by atoms with E-state index in [-0.39, 0.29) is 12.1 Å². The van der Waals surface area contributed by atoms with Gasteiger partial charge in [0.05, 0.1) is 4.34 Å². The number of nitrogens with two attached hydrogens (primary N) is 1. The smallest absolute Gasteiger partial charge is 0.148 e. The van der Waals surface area contributed by atoms with Crippen LogP contribution in [0.25, 0.3) is 0 Å². The lowest BCUT2D eigenvalue weighted by molar-refractivity contribution is 0.184. The summed E-state index contributed by atoms with van der Waals surface area (Å²) >= 11 is 11.1. The van der Waals surface area contributed by atoms with Gasteiger partial charge in [-0.15, -0.1) is 11.3 Å². The van der Waals surface area contributed by atoms with Crippen LogP contribution in [0.2, 0.25) is 4.34 Å². The lowest BCUT2D eigenvalue weighted by Gasteiger charge is -2.22. The summed E-state index contributed by atoms with van der Waals surface area (Å²) in [5.74, 6) is 0.829. The largest absolute Gasteiger partial charge is 0.483 e. The predicted octanol–water partition coefficient (Wildman–Crippen LogP) is 5.25. The van der Waals surface area contributed by atoms with Crippen molar-refractivity contribution in [2.45, 2.75) is 32.9 Å². The second-order valence-corrected chi connectivity index (χ2v) is 7.45. The van der Waals surface area contributed by atoms with Crippen molar-refractivity contribution in [1.29, 1.82) is 0 Å². The Morgan fingerprint density at radius 1 is 1.25 bits per heavy atom. The second kappa shape index (κ2) is 6.48. The first-order chi connectivity index (χ1) is 9.38. The Morgan fingerprint density at radius 3 is 2.30 bits per heavy atom. The number of hydrogen-bond acceptors (Lipinski definition) is 3. The van der Waals surface area contributed by atoms with Gasteiger partial charge in [0.25, 0.3) is 0 Å². The van der Waals surface area contributed by atoms with Crippen LogP contribution in [0.3, 0.4) is 0 Å². The van der Waals surface area contributed by atoms with E-state index in [1.165, 1.54) is 11.3 Å². The van der Waals surface area contributed by atoms with Crippen LogP contribution in [-0.2, 0) is 0 Å². The number of ether oxygens (including phenoxy) is 1. The fraction of sp³-hybridized carbons (Fsp3) is 0.333. The summed E-state index contributed by atoms with van der Waals surface area (Å²) in [6.07, 6.45) is -0.188. The molecular weight excluding hydrogens is 358 g/mol. The molecule has 2 N–H and O–H groups in total. The fourth-order valence-corrected chi connectivity index (χ4v) is 3.46. The van der Waals surface area contributed by atoms with E-state index in [0.717, 1.165) is 30.6 Å². The number of halogens is 2. The van der Waals surface area contributed by atoms with Crippen LogP contribution in [0.15, 0.2) is 28.7 Å². The van der Waals surface area contributed by atoms with Gasteiger partial charge in [-0.2, -0.15) is 0 Å². The molecule has 5 heteroatoms. The molecule has 0 aliphatic carbocycles. The van der Waals surface area contributed by atoms with E-state index in [1.807, 2.05) is 45.0 Å². The zero-order valence-corrected chi connectivity index (χ0v) is 14.8. The quantitative estimate of drug-likeness (QED) is 0.793. The minimum Gasteiger partial charge on any atom is -0.483 e. The van der Waals surface area contributed by atoms with E-state index in [9.17, 15) is 0 Å². The fourth-order valence-electron chi connectivity index (χ4n) is 2.03. The molecule has 1 aromatic carbocycles. The molecule has 20 heavy (non-hydrogen) atoms. The molecule has 2 aromatic rings. The molecular formula is C15H17BrClNOS. The molecule has 2 unspecified atom stereocenters. The standard InChI is InChI=1S/C15H17BrClNOS/c1-8-6-11(7-9(2)14(8)16)19-15(10(3)18)12-4-5-13(17)20-12/h4-7,10,15H,18H2,1-3H3. The van der Waals surface area contributed by atoms with E-state index >= 15 is 0 Å². The Labute approximate surface area is 137 Å². The maximum Gasteiger partial charge on any atom is 0.148 e. The summed E-state index contributed by atoms with van der Waals surface area (Å²) in [5, 5.41) is 0. The molecule has 0 spiro atoms. The van der Waals surface area contributed by atoms with E-state index in [1.54, 1.807) is 0 Å². The van der Waals surface area contributed by atoms with Crippen molar-refractivity contribution in [2.75, 3.05) is 0 Å². The van der Waals surface area contributed by atoms with Crippen LogP contribution in [-0.4, -0.2) is 6.04 Å². The highest BCUT2D eigenvalue weighted by Gasteiger charge is 2.20. The highest BCUT2D eigenvalue weighted by Crippen LogP contribution is 2.34. The van der Waals surface area contributed by atoms with Gasteiger partial charge in [-0.25, -0.2) is 0 Å². The number of aryl methyl sites for hydroxylation is 2. The number of rotatable bonds is 4. The Hall–Kier alpha value is -0.550. The first kappa shape index (κ1) is 15.8. The first-order valence-electron chi connectivity index (χ1n) is 6.32. The summed E-state index contributed by atoms with van der Waals surface area (Å²) in [4.78, 5) is 1.04. The summed E-state index contributed by atoms with van der Waals surface area (Å²) in [6, 6.07) is 7.76. The Morgan fingerprint density at radius 2 is 1.85 bits per heavy atom. The topological polar surface area (TPSA) is 35.2 Å². The molecule has 0 aliphatic heterocycles. The number of thiophene rings is 1. The van der Waals surface area contributed by atoms with Gasteiger partial charge in [0.15, 0.2) is 0 Å². The third-order valence-corrected chi connectivity index (χ3v) is 5.57. The van der Waals surface area contributed by atoms with Gasteiger partial charge >= 0.3 is 0 Å². The molecule has 0 aliphatic rings. The van der Waals surface area contributed by atoms with Crippen molar-refractivity contribution < 1.29 is 4.74 Å². The van der Waals surface area contributed by atoms with Gasteiger partial charge in [0, 0.05) is 15.4 Å². The van der Waals surface area contributed by atoms with Crippen molar-refractivity contribution in [1.82, 2.24) is 0 Å². The number of hydrogen-bond donors (Lipinski definition) is 1. The summed E-state index contributed by atoms with van der Waals surface area (Å²) < 4.78 is 7.96. The van der Waals surface area contributed by atoms with E-state index in [2.05, 4.69) is 15.9 Å². The maximum atomic E-state index is 6.10. The lowest BCUT2D eigenvalue weighted by atomic mass is 10.1. The molecule has 2 nitrogen and oxygen atoms in total. The third-order valence-electron chi connectivity index (χ3n) is 3.02. The van der Waals surface area contributed by atoms with E-state index in [0.29, 0.717) is 0 Å². The van der Waals surface area contributed by atoms with Crippen molar-refractivity contribution in [3.8, 4) is 5.75 Å². The molecule has 0 bridgehead atoms. The molecule has 0 amide bonds. The van der Waals surface area contributed by atoms with Gasteiger partial charge in [0.1, 0.15) is 11.9 Å². The Bertz CT molecular complexity index is 589. The van der Waals surface area contributed by atoms with Gasteiger partial charge in [-0.05, 0) is 56.2 Å². The van der Waals surface area contributed by atoms with Crippen molar-refractivity contribution in [3.05, 3.63) is 49.1 Å². The minimum atomic E-state index is -0.188. The summed E-state index contributed by atoms with van der Waals surface area (Å²) in [6.45, 7) is 6.04. The minimum absolute atomic E-state index is 0.117. The molecule has 2 rings (SSSR count). The third kappa shape index (κ3) is 3.55. The molecule has 1 aromatic heterocycles. The summed E-state index contributed by atoms with van der Waals surface area (Å²) in [5.41, 5.74) is 8.35. The molecule has 0 radical (unpaired) electrons. The summed E-state index contributed by atoms with van der Waals surface area (Å²) in [7, 11) is 0. The van der Waals surface area contributed by atoms with Gasteiger partial charge < -0.3 is 10.5 Å². The van der Waals surface area contributed by atoms with Crippen LogP contribution in [0.5, 0.6) is 5.75 Å². The monoisotopic (exact) mass is 373 g/mol. The van der Waals surface area contributed by atoms with Crippen LogP contribution < -0.4 is 10.5 Å². The molecule has 1 heterocycles. The van der Waals surface area contributed by atoms with Crippen LogP contribution in [0, 0.1) is 13.8 Å². The Balaban J connectivity index is 2.29. The van der Waals surface area contributed by atoms with Crippen LogP contribution in [0.4, 0.5) is 0 Å². The second-order valence-electron chi connectivity index (χ2n) is 4.91.